The number of pyridine rings is 1. The van der Waals surface area contributed by atoms with Crippen molar-refractivity contribution >= 4 is 11.7 Å². The van der Waals surface area contributed by atoms with Gasteiger partial charge in [-0.15, -0.1) is 0 Å². The molecule has 1 fully saturated rings. The second-order valence-corrected chi connectivity index (χ2v) is 6.07. The van der Waals surface area contributed by atoms with E-state index in [1.54, 1.807) is 6.07 Å². The minimum Gasteiger partial charge on any atom is -0.384 e. The number of anilines is 1. The Morgan fingerprint density at radius 2 is 2.10 bits per heavy atom. The van der Waals surface area contributed by atoms with Crippen molar-refractivity contribution in [3.05, 3.63) is 23.4 Å². The third-order valence-electron chi connectivity index (χ3n) is 4.23. The predicted octanol–water partition coefficient (Wildman–Crippen LogP) is 3.32. The Balaban J connectivity index is 1.84. The van der Waals surface area contributed by atoms with E-state index >= 15 is 0 Å². The molecule has 1 aliphatic rings. The summed E-state index contributed by atoms with van der Waals surface area (Å²) in [7, 11) is 0. The molecular weight excluding hydrogens is 262 g/mol. The number of hydrogen-bond acceptors (Lipinski definition) is 3. The van der Waals surface area contributed by atoms with Crippen LogP contribution in [0.2, 0.25) is 0 Å². The van der Waals surface area contributed by atoms with Gasteiger partial charge in [0.15, 0.2) is 0 Å². The number of carbonyl (C=O) groups excluding carboxylic acids is 1. The first-order valence-electron chi connectivity index (χ1n) is 8.23. The fourth-order valence-corrected chi connectivity index (χ4v) is 3.09. The van der Waals surface area contributed by atoms with Crippen LogP contribution in [0.3, 0.4) is 0 Å². The molecule has 1 aromatic rings. The van der Waals surface area contributed by atoms with Crippen LogP contribution in [-0.4, -0.2) is 17.4 Å². The zero-order valence-corrected chi connectivity index (χ0v) is 13.0. The molecule has 0 bridgehead atoms. The van der Waals surface area contributed by atoms with Crippen molar-refractivity contribution in [2.24, 2.45) is 5.92 Å². The van der Waals surface area contributed by atoms with Crippen molar-refractivity contribution in [2.45, 2.75) is 58.3 Å². The highest BCUT2D eigenvalue weighted by Gasteiger charge is 2.14. The number of nitrogens with zero attached hydrogens (tertiary/aromatic N) is 1. The number of aromatic nitrogens is 1. The standard InChI is InChI=1S/C17H27N3O/c1-2-6-15-11-14(12-16(18)20-15)17(21)19-10-9-13-7-4-3-5-8-13/h11-13H,2-10H2,1H3,(H2,18,20)(H,19,21). The lowest BCUT2D eigenvalue weighted by Crippen LogP contribution is -2.26. The molecule has 4 nitrogen and oxygen atoms in total. The summed E-state index contributed by atoms with van der Waals surface area (Å²) in [6.45, 7) is 2.85. The molecule has 0 spiro atoms. The van der Waals surface area contributed by atoms with Crippen molar-refractivity contribution < 1.29 is 4.79 Å². The van der Waals surface area contributed by atoms with E-state index in [1.165, 1.54) is 32.1 Å². The third kappa shape index (κ3) is 5.03. The van der Waals surface area contributed by atoms with Crippen molar-refractivity contribution in [1.29, 1.82) is 0 Å². The van der Waals surface area contributed by atoms with E-state index in [9.17, 15) is 4.79 Å². The largest absolute Gasteiger partial charge is 0.384 e. The second-order valence-electron chi connectivity index (χ2n) is 6.07. The Hall–Kier alpha value is -1.58. The monoisotopic (exact) mass is 289 g/mol. The first-order chi connectivity index (χ1) is 10.2. The van der Waals surface area contributed by atoms with Crippen LogP contribution in [0, 0.1) is 5.92 Å². The predicted molar refractivity (Wildman–Crippen MR) is 86.2 cm³/mol. The summed E-state index contributed by atoms with van der Waals surface area (Å²) < 4.78 is 0. The maximum absolute atomic E-state index is 12.2. The van der Waals surface area contributed by atoms with Crippen LogP contribution in [0.1, 0.15) is 67.9 Å². The van der Waals surface area contributed by atoms with Gasteiger partial charge in [-0.25, -0.2) is 4.98 Å². The van der Waals surface area contributed by atoms with Gasteiger partial charge in [0.25, 0.3) is 5.91 Å². The number of nitrogen functional groups attached to an aromatic ring is 1. The van der Waals surface area contributed by atoms with Gasteiger partial charge in [0.05, 0.1) is 0 Å². The Bertz CT molecular complexity index is 467. The first kappa shape index (κ1) is 15.8. The number of aryl methyl sites for hydroxylation is 1. The zero-order chi connectivity index (χ0) is 15.1. The number of carbonyl (C=O) groups is 1. The maximum atomic E-state index is 12.2. The van der Waals surface area contributed by atoms with Crippen LogP contribution in [0.25, 0.3) is 0 Å². The number of nitrogens with two attached hydrogens (primary N) is 1. The normalized spacial score (nSPS) is 15.9. The quantitative estimate of drug-likeness (QED) is 0.844. The Labute approximate surface area is 127 Å². The molecule has 0 unspecified atom stereocenters. The van der Waals surface area contributed by atoms with E-state index < -0.39 is 0 Å². The van der Waals surface area contributed by atoms with Gasteiger partial charge in [-0.1, -0.05) is 45.4 Å². The average molecular weight is 289 g/mol. The molecule has 1 aliphatic carbocycles. The van der Waals surface area contributed by atoms with Crippen molar-refractivity contribution in [2.75, 3.05) is 12.3 Å². The van der Waals surface area contributed by atoms with E-state index in [2.05, 4.69) is 17.2 Å². The van der Waals surface area contributed by atoms with Crippen LogP contribution in [0.5, 0.6) is 0 Å². The number of nitrogens with one attached hydrogen (secondary N) is 1. The van der Waals surface area contributed by atoms with E-state index in [0.29, 0.717) is 11.4 Å². The fraction of sp³-hybridized carbons (Fsp3) is 0.647. The zero-order valence-electron chi connectivity index (χ0n) is 13.0. The van der Waals surface area contributed by atoms with Gasteiger partial charge < -0.3 is 11.1 Å². The van der Waals surface area contributed by atoms with Crippen molar-refractivity contribution in [1.82, 2.24) is 10.3 Å². The molecular formula is C17H27N3O. The summed E-state index contributed by atoms with van der Waals surface area (Å²) in [4.78, 5) is 16.5. The van der Waals surface area contributed by atoms with E-state index in [1.807, 2.05) is 6.07 Å². The Morgan fingerprint density at radius 3 is 2.81 bits per heavy atom. The van der Waals surface area contributed by atoms with E-state index in [4.69, 9.17) is 5.73 Å². The summed E-state index contributed by atoms with van der Waals surface area (Å²) in [6.07, 6.45) is 9.65. The fourth-order valence-electron chi connectivity index (χ4n) is 3.09. The van der Waals surface area contributed by atoms with Gasteiger partial charge in [0.1, 0.15) is 5.82 Å². The molecule has 0 radical (unpaired) electrons. The number of amides is 1. The van der Waals surface area contributed by atoms with Gasteiger partial charge in [-0.2, -0.15) is 0 Å². The summed E-state index contributed by atoms with van der Waals surface area (Å²) in [6, 6.07) is 3.52. The molecule has 21 heavy (non-hydrogen) atoms. The smallest absolute Gasteiger partial charge is 0.251 e. The highest BCUT2D eigenvalue weighted by molar-refractivity contribution is 5.94. The molecule has 1 heterocycles. The molecule has 1 saturated carbocycles. The van der Waals surface area contributed by atoms with Gasteiger partial charge in [0, 0.05) is 17.8 Å². The summed E-state index contributed by atoms with van der Waals surface area (Å²) in [5, 5.41) is 3.02. The second kappa shape index (κ2) is 8.01. The number of rotatable bonds is 6. The summed E-state index contributed by atoms with van der Waals surface area (Å²) in [5.41, 5.74) is 7.31. The molecule has 0 aliphatic heterocycles. The van der Waals surface area contributed by atoms with Crippen LogP contribution in [-0.2, 0) is 6.42 Å². The number of hydrogen-bond donors (Lipinski definition) is 2. The minimum atomic E-state index is -0.0303. The molecule has 3 N–H and O–H groups in total. The Morgan fingerprint density at radius 1 is 1.33 bits per heavy atom. The van der Waals surface area contributed by atoms with Gasteiger partial charge in [-0.3, -0.25) is 4.79 Å². The van der Waals surface area contributed by atoms with Crippen LogP contribution >= 0.6 is 0 Å². The van der Waals surface area contributed by atoms with E-state index in [-0.39, 0.29) is 5.91 Å². The molecule has 0 saturated heterocycles. The SMILES string of the molecule is CCCc1cc(C(=O)NCCC2CCCCC2)cc(N)n1. The van der Waals surface area contributed by atoms with Crippen molar-refractivity contribution in [3.8, 4) is 0 Å². The molecule has 4 heteroatoms. The lowest BCUT2D eigenvalue weighted by Gasteiger charge is -2.21. The van der Waals surface area contributed by atoms with Gasteiger partial charge in [-0.05, 0) is 30.9 Å². The highest BCUT2D eigenvalue weighted by atomic mass is 16.1. The Kier molecular flexibility index (Phi) is 6.03. The lowest BCUT2D eigenvalue weighted by molar-refractivity contribution is 0.0950. The highest BCUT2D eigenvalue weighted by Crippen LogP contribution is 2.25. The minimum absolute atomic E-state index is 0.0303. The average Bonchev–Trinajstić information content (AvgIpc) is 2.48. The summed E-state index contributed by atoms with van der Waals surface area (Å²) >= 11 is 0. The molecule has 1 aromatic heterocycles. The molecule has 2 rings (SSSR count). The third-order valence-corrected chi connectivity index (χ3v) is 4.23. The molecule has 0 aromatic carbocycles. The first-order valence-corrected chi connectivity index (χ1v) is 8.23. The van der Waals surface area contributed by atoms with E-state index in [0.717, 1.165) is 37.4 Å². The maximum Gasteiger partial charge on any atom is 0.251 e. The van der Waals surface area contributed by atoms with Crippen LogP contribution < -0.4 is 11.1 Å². The van der Waals surface area contributed by atoms with Crippen LogP contribution in [0.4, 0.5) is 5.82 Å². The molecule has 116 valence electrons. The van der Waals surface area contributed by atoms with Gasteiger partial charge >= 0.3 is 0 Å². The summed E-state index contributed by atoms with van der Waals surface area (Å²) in [5.74, 6) is 1.19. The van der Waals surface area contributed by atoms with Crippen molar-refractivity contribution in [3.63, 3.8) is 0 Å². The topological polar surface area (TPSA) is 68.0 Å². The molecule has 1 amide bonds. The van der Waals surface area contributed by atoms with Gasteiger partial charge in [0.2, 0.25) is 0 Å². The lowest BCUT2D eigenvalue weighted by atomic mass is 9.87. The van der Waals surface area contributed by atoms with Crippen LogP contribution in [0.15, 0.2) is 12.1 Å². The molecule has 0 atom stereocenters.